The Morgan fingerprint density at radius 1 is 1.20 bits per heavy atom. The lowest BCUT2D eigenvalue weighted by molar-refractivity contribution is -0.124. The van der Waals surface area contributed by atoms with Crippen LogP contribution in [-0.2, 0) is 9.53 Å². The van der Waals surface area contributed by atoms with E-state index >= 15 is 0 Å². The minimum atomic E-state index is -0.730. The van der Waals surface area contributed by atoms with E-state index in [-0.39, 0.29) is 11.3 Å². The maximum Gasteiger partial charge on any atom is 0.342 e. The van der Waals surface area contributed by atoms with Crippen molar-refractivity contribution in [2.75, 3.05) is 18.9 Å². The number of esters is 1. The van der Waals surface area contributed by atoms with Crippen LogP contribution in [0.4, 0.5) is 0 Å². The van der Waals surface area contributed by atoms with Crippen molar-refractivity contribution < 1.29 is 19.4 Å². The van der Waals surface area contributed by atoms with Gasteiger partial charge in [-0.25, -0.2) is 4.79 Å². The molecule has 0 fully saturated rings. The number of halogens is 1. The quantitative estimate of drug-likeness (QED) is 0.438. The molecule has 2 N–H and O–H groups in total. The van der Waals surface area contributed by atoms with Gasteiger partial charge in [0.05, 0.1) is 0 Å². The smallest absolute Gasteiger partial charge is 0.342 e. The first-order chi connectivity index (χ1) is 12.0. The number of para-hydroxylation sites is 1. The molecular formula is C18H18ClNO4S. The zero-order chi connectivity index (χ0) is 18.2. The van der Waals surface area contributed by atoms with E-state index in [1.165, 1.54) is 6.07 Å². The Hall–Kier alpha value is -2.18. The first kappa shape index (κ1) is 19.1. The van der Waals surface area contributed by atoms with Crippen molar-refractivity contribution in [3.05, 3.63) is 58.6 Å². The molecule has 0 atom stereocenters. The van der Waals surface area contributed by atoms with Crippen LogP contribution in [0, 0.1) is 6.92 Å². The molecule has 0 aliphatic carbocycles. The number of phenols is 1. The second-order valence-corrected chi connectivity index (χ2v) is 6.80. The second kappa shape index (κ2) is 9.34. The molecule has 0 aliphatic rings. The summed E-state index contributed by atoms with van der Waals surface area (Å²) in [6.45, 7) is 1.73. The lowest BCUT2D eigenvalue weighted by Crippen LogP contribution is -2.30. The van der Waals surface area contributed by atoms with Gasteiger partial charge in [0.15, 0.2) is 6.61 Å². The molecule has 0 spiro atoms. The van der Waals surface area contributed by atoms with Crippen molar-refractivity contribution in [1.29, 1.82) is 0 Å². The summed E-state index contributed by atoms with van der Waals surface area (Å²) in [7, 11) is 0. The Balaban J connectivity index is 1.69. The molecule has 0 unspecified atom stereocenters. The van der Waals surface area contributed by atoms with Gasteiger partial charge < -0.3 is 15.2 Å². The lowest BCUT2D eigenvalue weighted by Gasteiger charge is -2.08. The summed E-state index contributed by atoms with van der Waals surface area (Å²) in [5.74, 6) is -0.573. The number of benzene rings is 2. The molecule has 7 heteroatoms. The molecule has 0 saturated carbocycles. The van der Waals surface area contributed by atoms with Crippen LogP contribution >= 0.6 is 23.4 Å². The topological polar surface area (TPSA) is 75.6 Å². The molecular weight excluding hydrogens is 362 g/mol. The Kier molecular flexibility index (Phi) is 7.16. The van der Waals surface area contributed by atoms with Gasteiger partial charge in [0, 0.05) is 22.2 Å². The van der Waals surface area contributed by atoms with E-state index in [1.54, 1.807) is 30.8 Å². The van der Waals surface area contributed by atoms with Crippen molar-refractivity contribution in [1.82, 2.24) is 5.32 Å². The Labute approximate surface area is 155 Å². The third-order valence-electron chi connectivity index (χ3n) is 3.30. The average molecular weight is 380 g/mol. The molecule has 0 heterocycles. The summed E-state index contributed by atoms with van der Waals surface area (Å²) < 4.78 is 4.92. The van der Waals surface area contributed by atoms with Crippen molar-refractivity contribution >= 4 is 35.2 Å². The number of hydrogen-bond acceptors (Lipinski definition) is 5. The molecule has 2 aromatic carbocycles. The molecule has 0 radical (unpaired) electrons. The lowest BCUT2D eigenvalue weighted by atomic mass is 10.1. The maximum absolute atomic E-state index is 11.9. The largest absolute Gasteiger partial charge is 0.507 e. The molecule has 0 aliphatic heterocycles. The number of thioether (sulfide) groups is 1. The first-order valence-corrected chi connectivity index (χ1v) is 8.94. The second-order valence-electron chi connectivity index (χ2n) is 5.20. The van der Waals surface area contributed by atoms with Crippen LogP contribution in [0.2, 0.25) is 5.02 Å². The molecule has 1 amide bonds. The third kappa shape index (κ3) is 5.99. The number of ether oxygens (including phenoxy) is 1. The van der Waals surface area contributed by atoms with Gasteiger partial charge in [0.1, 0.15) is 11.3 Å². The number of carbonyl (C=O) groups is 2. The monoisotopic (exact) mass is 379 g/mol. The van der Waals surface area contributed by atoms with E-state index in [2.05, 4.69) is 5.32 Å². The van der Waals surface area contributed by atoms with E-state index in [1.807, 2.05) is 24.3 Å². The van der Waals surface area contributed by atoms with Crippen LogP contribution in [0.1, 0.15) is 15.9 Å². The number of aryl methyl sites for hydroxylation is 1. The number of amides is 1. The number of hydrogen-bond donors (Lipinski definition) is 2. The van der Waals surface area contributed by atoms with Crippen LogP contribution in [0.15, 0.2) is 47.4 Å². The van der Waals surface area contributed by atoms with Crippen LogP contribution in [-0.4, -0.2) is 35.9 Å². The van der Waals surface area contributed by atoms with E-state index < -0.39 is 18.5 Å². The number of phenolic OH excluding ortho intramolecular Hbond substituents is 1. The van der Waals surface area contributed by atoms with E-state index in [0.29, 0.717) is 22.9 Å². The molecule has 25 heavy (non-hydrogen) atoms. The fourth-order valence-corrected chi connectivity index (χ4v) is 2.87. The van der Waals surface area contributed by atoms with Gasteiger partial charge >= 0.3 is 5.97 Å². The third-order valence-corrected chi connectivity index (χ3v) is 4.56. The van der Waals surface area contributed by atoms with Crippen LogP contribution < -0.4 is 5.32 Å². The normalized spacial score (nSPS) is 10.3. The van der Waals surface area contributed by atoms with Crippen LogP contribution in [0.5, 0.6) is 5.75 Å². The van der Waals surface area contributed by atoms with Crippen molar-refractivity contribution in [2.45, 2.75) is 11.8 Å². The zero-order valence-electron chi connectivity index (χ0n) is 13.6. The summed E-state index contributed by atoms with van der Waals surface area (Å²) in [6.07, 6.45) is 0. The standard InChI is InChI=1S/C18H18ClNO4S/c1-12-3-2-4-15(17(12)22)18(23)24-11-16(21)20-9-10-25-14-7-5-13(19)6-8-14/h2-8,22H,9-11H2,1H3,(H,20,21). The van der Waals surface area contributed by atoms with E-state index in [4.69, 9.17) is 16.3 Å². The summed E-state index contributed by atoms with van der Waals surface area (Å²) in [5.41, 5.74) is 0.615. The maximum atomic E-state index is 11.9. The van der Waals surface area contributed by atoms with Gasteiger partial charge in [-0.3, -0.25) is 4.79 Å². The van der Waals surface area contributed by atoms with Crippen LogP contribution in [0.25, 0.3) is 0 Å². The fraction of sp³-hybridized carbons (Fsp3) is 0.222. The number of aromatic hydroxyl groups is 1. The average Bonchev–Trinajstić information content (AvgIpc) is 2.60. The first-order valence-electron chi connectivity index (χ1n) is 7.58. The highest BCUT2D eigenvalue weighted by atomic mass is 35.5. The summed E-state index contributed by atoms with van der Waals surface area (Å²) in [6, 6.07) is 12.2. The zero-order valence-corrected chi connectivity index (χ0v) is 15.2. The Morgan fingerprint density at radius 2 is 1.92 bits per heavy atom. The SMILES string of the molecule is Cc1cccc(C(=O)OCC(=O)NCCSc2ccc(Cl)cc2)c1O. The van der Waals surface area contributed by atoms with E-state index in [0.717, 1.165) is 4.90 Å². The van der Waals surface area contributed by atoms with Crippen LogP contribution in [0.3, 0.4) is 0 Å². The minimum Gasteiger partial charge on any atom is -0.507 e. The van der Waals surface area contributed by atoms with Gasteiger partial charge in [0.2, 0.25) is 0 Å². The molecule has 2 rings (SSSR count). The van der Waals surface area contributed by atoms with Gasteiger partial charge in [0.25, 0.3) is 5.91 Å². The number of rotatable bonds is 7. The molecule has 0 aromatic heterocycles. The summed E-state index contributed by atoms with van der Waals surface area (Å²) in [4.78, 5) is 24.7. The Morgan fingerprint density at radius 3 is 2.64 bits per heavy atom. The van der Waals surface area contributed by atoms with Crippen molar-refractivity contribution in [3.8, 4) is 5.75 Å². The van der Waals surface area contributed by atoms with Gasteiger partial charge in [-0.05, 0) is 42.8 Å². The molecule has 2 aromatic rings. The Bertz CT molecular complexity index is 749. The number of carbonyl (C=O) groups excluding carboxylic acids is 2. The molecule has 0 bridgehead atoms. The predicted molar refractivity (Wildman–Crippen MR) is 98.3 cm³/mol. The molecule has 132 valence electrons. The van der Waals surface area contributed by atoms with Crippen molar-refractivity contribution in [2.24, 2.45) is 0 Å². The molecule has 5 nitrogen and oxygen atoms in total. The number of nitrogens with one attached hydrogen (secondary N) is 1. The highest BCUT2D eigenvalue weighted by molar-refractivity contribution is 7.99. The highest BCUT2D eigenvalue weighted by Crippen LogP contribution is 2.22. The van der Waals surface area contributed by atoms with Gasteiger partial charge in [-0.15, -0.1) is 11.8 Å². The van der Waals surface area contributed by atoms with Crippen molar-refractivity contribution in [3.63, 3.8) is 0 Å². The predicted octanol–water partition coefficient (Wildman–Crippen LogP) is 3.42. The highest BCUT2D eigenvalue weighted by Gasteiger charge is 2.15. The summed E-state index contributed by atoms with van der Waals surface area (Å²) >= 11 is 7.40. The fourth-order valence-electron chi connectivity index (χ4n) is 1.97. The van der Waals surface area contributed by atoms with E-state index in [9.17, 15) is 14.7 Å². The minimum absolute atomic E-state index is 0.0473. The molecule has 0 saturated heterocycles. The van der Waals surface area contributed by atoms with Gasteiger partial charge in [-0.2, -0.15) is 0 Å². The van der Waals surface area contributed by atoms with Gasteiger partial charge in [-0.1, -0.05) is 23.7 Å². The summed E-state index contributed by atoms with van der Waals surface area (Å²) in [5, 5.41) is 13.2.